The third-order valence-corrected chi connectivity index (χ3v) is 17.1. The molecule has 9 rings (SSSR count). The summed E-state index contributed by atoms with van der Waals surface area (Å²) in [6, 6.07) is 13.2. The maximum absolute atomic E-state index is 14.3. The Morgan fingerprint density at radius 1 is 0.931 bits per heavy atom. The van der Waals surface area contributed by atoms with Crippen LogP contribution in [0.15, 0.2) is 59.0 Å². The van der Waals surface area contributed by atoms with Crippen molar-refractivity contribution >= 4 is 57.7 Å². The number of thiazole rings is 1. The topological polar surface area (TPSA) is 199 Å². The van der Waals surface area contributed by atoms with Crippen LogP contribution in [0, 0.1) is 33.1 Å². The van der Waals surface area contributed by atoms with E-state index >= 15 is 0 Å². The Bertz CT molecular complexity index is 2790. The molecule has 2 saturated heterocycles. The fourth-order valence-electron chi connectivity index (χ4n) is 10.4. The fraction of sp³-hybridized carbons (Fsp3) is 0.528. The number of benzene rings is 2. The van der Waals surface area contributed by atoms with Gasteiger partial charge >= 0.3 is 0 Å². The lowest BCUT2D eigenvalue weighted by molar-refractivity contribution is -0.144. The van der Waals surface area contributed by atoms with E-state index in [-0.39, 0.29) is 61.5 Å². The molecule has 1 saturated carbocycles. The van der Waals surface area contributed by atoms with Crippen molar-refractivity contribution in [2.45, 2.75) is 149 Å². The minimum absolute atomic E-state index is 0.00561. The van der Waals surface area contributed by atoms with Gasteiger partial charge in [-0.2, -0.15) is 0 Å². The molecule has 3 aromatic heterocycles. The number of aliphatic imine (C=N–C) groups is 1. The molecule has 3 amide bonds. The van der Waals surface area contributed by atoms with Crippen molar-refractivity contribution < 1.29 is 29.3 Å². The molecular formula is C53H67ClN10O6S2. The van der Waals surface area contributed by atoms with E-state index < -0.39 is 35.9 Å². The van der Waals surface area contributed by atoms with Gasteiger partial charge in [-0.05, 0) is 94.5 Å². The third-order valence-electron chi connectivity index (χ3n) is 14.7. The van der Waals surface area contributed by atoms with Gasteiger partial charge in [0.1, 0.15) is 35.2 Å². The molecule has 19 heteroatoms. The van der Waals surface area contributed by atoms with Crippen LogP contribution < -0.4 is 16.0 Å². The van der Waals surface area contributed by atoms with Gasteiger partial charge in [-0.3, -0.25) is 34.2 Å². The van der Waals surface area contributed by atoms with Crippen molar-refractivity contribution in [2.75, 3.05) is 26.2 Å². The number of rotatable bonds is 15. The van der Waals surface area contributed by atoms with Gasteiger partial charge in [0.15, 0.2) is 5.82 Å². The highest BCUT2D eigenvalue weighted by Gasteiger charge is 2.45. The molecular weight excluding hydrogens is 972 g/mol. The first-order valence-corrected chi connectivity index (χ1v) is 27.2. The van der Waals surface area contributed by atoms with E-state index in [9.17, 15) is 24.6 Å². The number of aliphatic hydroxyl groups is 2. The van der Waals surface area contributed by atoms with Crippen LogP contribution in [0.5, 0.6) is 0 Å². The van der Waals surface area contributed by atoms with Crippen molar-refractivity contribution in [2.24, 2.45) is 10.4 Å². The second-order valence-corrected chi connectivity index (χ2v) is 23.6. The molecule has 16 nitrogen and oxygen atoms in total. The standard InChI is InChI=1S/C53H67ClN10O6S2/c1-28-31(4)72-52-45(28)46(34-13-15-36(54)16-14-34)58-41(49-61-60-32(5)64(49)52)24-43(66)57-37-21-40(22-37)70-39-17-19-62(20-18-39)26-44(67)59-48(53(6,7)8)51(69)63-25-38(65)23-42(63)50(68)56-29(2)33-9-11-35(12-10-33)47-30(3)55-27-71-47/h9-16,27,29,37-43,48,57,65-66H,17-26H2,1-8H3,(H,56,68)(H,59,67)/t29-,37?,38+,40?,41-,42-,43?,48+/m0/s1. The lowest BCUT2D eigenvalue weighted by Crippen LogP contribution is -2.59. The summed E-state index contributed by atoms with van der Waals surface area (Å²) in [4.78, 5) is 57.2. The number of ether oxygens (including phenoxy) is 1. The molecule has 0 bridgehead atoms. The smallest absolute Gasteiger partial charge is 0.246 e. The normalized spacial score (nSPS) is 22.8. The summed E-state index contributed by atoms with van der Waals surface area (Å²) in [6.07, 6.45) is 1.92. The largest absolute Gasteiger partial charge is 0.391 e. The number of fused-ring (bicyclic) bond motifs is 3. The number of carbonyl (C=O) groups excluding carboxylic acids is 3. The molecule has 72 heavy (non-hydrogen) atoms. The molecule has 0 radical (unpaired) electrons. The van der Waals surface area contributed by atoms with E-state index in [0.29, 0.717) is 30.4 Å². The number of amides is 3. The molecule has 4 aliphatic rings. The lowest BCUT2D eigenvalue weighted by Gasteiger charge is -2.41. The number of β-amino-alcohol motifs (C(OH)–C–C–N with tert-alkyl or cyclic N) is 1. The summed E-state index contributed by atoms with van der Waals surface area (Å²) >= 11 is 9.57. The average molecular weight is 1040 g/mol. The minimum Gasteiger partial charge on any atom is -0.391 e. The molecule has 3 aliphatic heterocycles. The zero-order valence-corrected chi connectivity index (χ0v) is 44.7. The quantitative estimate of drug-likeness (QED) is 0.0683. The maximum Gasteiger partial charge on any atom is 0.246 e. The first-order chi connectivity index (χ1) is 34.3. The van der Waals surface area contributed by atoms with Crippen molar-refractivity contribution in [3.8, 4) is 15.4 Å². The Labute approximate surface area is 434 Å². The van der Waals surface area contributed by atoms with Gasteiger partial charge in [0.2, 0.25) is 17.7 Å². The first-order valence-electron chi connectivity index (χ1n) is 25.1. The number of aromatic nitrogens is 4. The van der Waals surface area contributed by atoms with E-state index in [2.05, 4.69) is 54.4 Å². The van der Waals surface area contributed by atoms with Crippen LogP contribution in [-0.2, 0) is 19.1 Å². The number of likely N-dealkylation sites (tertiary alicyclic amines) is 2. The summed E-state index contributed by atoms with van der Waals surface area (Å²) in [5, 5.41) is 42.4. The van der Waals surface area contributed by atoms with Crippen molar-refractivity contribution in [3.63, 3.8) is 0 Å². The Morgan fingerprint density at radius 2 is 1.62 bits per heavy atom. The summed E-state index contributed by atoms with van der Waals surface area (Å²) in [6.45, 7) is 17.2. The minimum atomic E-state index is -0.913. The van der Waals surface area contributed by atoms with Gasteiger partial charge in [0.25, 0.3) is 0 Å². The number of piperidine rings is 1. The van der Waals surface area contributed by atoms with Crippen LogP contribution >= 0.6 is 34.3 Å². The predicted molar refractivity (Wildman–Crippen MR) is 281 cm³/mol. The Morgan fingerprint density at radius 3 is 2.29 bits per heavy atom. The number of aliphatic hydroxyl groups excluding tert-OH is 2. The van der Waals surface area contributed by atoms with E-state index in [1.54, 1.807) is 22.7 Å². The number of thiophene rings is 1. The van der Waals surface area contributed by atoms with Crippen LogP contribution in [0.25, 0.3) is 15.4 Å². The molecule has 5 aromatic rings. The van der Waals surface area contributed by atoms with Crippen molar-refractivity contribution in [1.29, 1.82) is 0 Å². The number of hydrogen-bond acceptors (Lipinski definition) is 14. The molecule has 3 fully saturated rings. The van der Waals surface area contributed by atoms with Gasteiger partial charge in [-0.25, -0.2) is 4.98 Å². The molecule has 5 N–H and O–H groups in total. The molecule has 2 aromatic carbocycles. The molecule has 6 heterocycles. The highest BCUT2D eigenvalue weighted by atomic mass is 35.5. The zero-order valence-electron chi connectivity index (χ0n) is 42.3. The number of hydrogen-bond donors (Lipinski definition) is 5. The number of halogens is 1. The second kappa shape index (κ2) is 21.5. The van der Waals surface area contributed by atoms with E-state index in [0.717, 1.165) is 80.6 Å². The number of carbonyl (C=O) groups is 3. The maximum atomic E-state index is 14.3. The van der Waals surface area contributed by atoms with Crippen LogP contribution in [0.3, 0.4) is 0 Å². The lowest BCUT2D eigenvalue weighted by atomic mass is 9.85. The summed E-state index contributed by atoms with van der Waals surface area (Å²) < 4.78 is 8.62. The van der Waals surface area contributed by atoms with Gasteiger partial charge in [0.05, 0.1) is 52.7 Å². The molecule has 0 spiro atoms. The van der Waals surface area contributed by atoms with E-state index in [1.807, 2.05) is 95.6 Å². The van der Waals surface area contributed by atoms with Gasteiger partial charge in [-0.1, -0.05) is 68.8 Å². The Balaban J connectivity index is 0.735. The highest BCUT2D eigenvalue weighted by molar-refractivity contribution is 7.15. The SMILES string of the molecule is Cc1ncsc1-c1ccc([C@H](C)NC(=O)[C@@H]2C[C@@H](O)CN2C(=O)[C@@H](NC(=O)CN2CCC(OC3CC(NC(O)C[C@@H]4N=C(c5ccc(Cl)cc5)c5c(sc(C)c5C)-n5c(C)nnc54)C3)CC2)C(C)(C)C)cc1. The highest BCUT2D eigenvalue weighted by Crippen LogP contribution is 2.40. The number of aryl methyl sites for hydroxylation is 3. The van der Waals surface area contributed by atoms with E-state index in [4.69, 9.17) is 21.3 Å². The van der Waals surface area contributed by atoms with Crippen LogP contribution in [0.1, 0.15) is 123 Å². The van der Waals surface area contributed by atoms with Gasteiger partial charge in [0, 0.05) is 59.5 Å². The van der Waals surface area contributed by atoms with Crippen LogP contribution in [-0.4, -0.2) is 132 Å². The molecule has 1 unspecified atom stereocenters. The summed E-state index contributed by atoms with van der Waals surface area (Å²) in [5.74, 6) is 0.463. The predicted octanol–water partition coefficient (Wildman–Crippen LogP) is 6.91. The summed E-state index contributed by atoms with van der Waals surface area (Å²) in [7, 11) is 0. The zero-order chi connectivity index (χ0) is 51.2. The van der Waals surface area contributed by atoms with Crippen molar-refractivity contribution in [1.82, 2.24) is 45.5 Å². The molecule has 384 valence electrons. The molecule has 1 aliphatic carbocycles. The van der Waals surface area contributed by atoms with Gasteiger partial charge < -0.3 is 30.5 Å². The fourth-order valence-corrected chi connectivity index (χ4v) is 12.6. The van der Waals surface area contributed by atoms with Crippen LogP contribution in [0.4, 0.5) is 0 Å². The Kier molecular flexibility index (Phi) is 15.5. The molecule has 6 atom stereocenters. The number of nitrogens with one attached hydrogen (secondary N) is 3. The van der Waals surface area contributed by atoms with E-state index in [1.165, 1.54) is 9.78 Å². The number of nitrogens with zero attached hydrogens (tertiary/aromatic N) is 7. The monoisotopic (exact) mass is 1040 g/mol. The van der Waals surface area contributed by atoms with Crippen molar-refractivity contribution in [3.05, 3.63) is 104 Å². The second-order valence-electron chi connectivity index (χ2n) is 21.1. The first kappa shape index (κ1) is 52.0. The third kappa shape index (κ3) is 11.3. The Hall–Kier alpha value is -4.92. The van der Waals surface area contributed by atoms with Gasteiger partial charge in [-0.15, -0.1) is 32.9 Å². The van der Waals surface area contributed by atoms with Crippen LogP contribution in [0.2, 0.25) is 5.02 Å². The summed E-state index contributed by atoms with van der Waals surface area (Å²) in [5.41, 5.74) is 8.09. The average Bonchev–Trinajstić information content (AvgIpc) is 4.10.